The lowest BCUT2D eigenvalue weighted by Gasteiger charge is -2.28. The van der Waals surface area contributed by atoms with Gasteiger partial charge in [0, 0.05) is 42.6 Å². The fourth-order valence-corrected chi connectivity index (χ4v) is 8.39. The van der Waals surface area contributed by atoms with Crippen molar-refractivity contribution in [1.29, 1.82) is 0 Å². The van der Waals surface area contributed by atoms with Crippen molar-refractivity contribution in [2.45, 2.75) is 19.3 Å². The minimum Gasteiger partial charge on any atom is -0.310 e. The number of nitrogens with zero attached hydrogens (tertiary/aromatic N) is 1. The van der Waals surface area contributed by atoms with Gasteiger partial charge in [0.15, 0.2) is 0 Å². The SMILES string of the molecule is CC1(C)c2ccccc2-c2ccc(N(c3ccc(-c4ccc5ccccc5c4)cc3)c3ccc4sc5ccccc5c4c3)cc21. The van der Waals surface area contributed by atoms with Gasteiger partial charge >= 0.3 is 0 Å². The zero-order valence-corrected chi connectivity index (χ0v) is 26.1. The molecule has 0 radical (unpaired) electrons. The van der Waals surface area contributed by atoms with Gasteiger partial charge in [0.2, 0.25) is 0 Å². The minimum atomic E-state index is -0.0684. The van der Waals surface area contributed by atoms with E-state index in [-0.39, 0.29) is 5.41 Å². The Morgan fingerprint density at radius 3 is 1.98 bits per heavy atom. The van der Waals surface area contributed by atoms with Crippen molar-refractivity contribution >= 4 is 59.3 Å². The second kappa shape index (κ2) is 9.92. The number of rotatable bonds is 4. The van der Waals surface area contributed by atoms with E-state index in [0.29, 0.717) is 0 Å². The highest BCUT2D eigenvalue weighted by molar-refractivity contribution is 7.25. The lowest BCUT2D eigenvalue weighted by atomic mass is 9.82. The van der Waals surface area contributed by atoms with Crippen LogP contribution in [0.2, 0.25) is 0 Å². The maximum absolute atomic E-state index is 2.43. The summed E-state index contributed by atoms with van der Waals surface area (Å²) in [7, 11) is 0. The second-order valence-corrected chi connectivity index (χ2v) is 13.7. The van der Waals surface area contributed by atoms with E-state index in [1.807, 2.05) is 11.3 Å². The molecule has 0 unspecified atom stereocenters. The van der Waals surface area contributed by atoms with Crippen LogP contribution in [-0.4, -0.2) is 0 Å². The summed E-state index contributed by atoms with van der Waals surface area (Å²) in [5, 5.41) is 5.15. The number of fused-ring (bicyclic) bond motifs is 7. The normalized spacial score (nSPS) is 13.3. The molecular formula is C43H31NS. The molecule has 1 aromatic heterocycles. The lowest BCUT2D eigenvalue weighted by molar-refractivity contribution is 0.660. The van der Waals surface area contributed by atoms with Gasteiger partial charge in [0.1, 0.15) is 0 Å². The molecule has 214 valence electrons. The first-order valence-electron chi connectivity index (χ1n) is 15.6. The summed E-state index contributed by atoms with van der Waals surface area (Å²) in [6.45, 7) is 4.71. The Morgan fingerprint density at radius 1 is 0.444 bits per heavy atom. The van der Waals surface area contributed by atoms with Gasteiger partial charge in [-0.3, -0.25) is 0 Å². The van der Waals surface area contributed by atoms with Crippen LogP contribution in [0.15, 0.2) is 152 Å². The highest BCUT2D eigenvalue weighted by atomic mass is 32.1. The molecule has 0 atom stereocenters. The summed E-state index contributed by atoms with van der Waals surface area (Å²) < 4.78 is 2.64. The molecule has 0 amide bonds. The van der Waals surface area contributed by atoms with Gasteiger partial charge in [-0.15, -0.1) is 11.3 Å². The molecule has 0 saturated heterocycles. The average molecular weight is 594 g/mol. The summed E-state index contributed by atoms with van der Waals surface area (Å²) in [6.07, 6.45) is 0. The third kappa shape index (κ3) is 4.13. The molecule has 1 aliphatic rings. The molecule has 0 bridgehead atoms. The molecule has 7 aromatic carbocycles. The quantitative estimate of drug-likeness (QED) is 0.196. The summed E-state index contributed by atoms with van der Waals surface area (Å²) >= 11 is 1.86. The maximum atomic E-state index is 2.43. The molecule has 0 aliphatic heterocycles. The zero-order valence-electron chi connectivity index (χ0n) is 25.3. The highest BCUT2D eigenvalue weighted by Crippen LogP contribution is 2.51. The van der Waals surface area contributed by atoms with E-state index >= 15 is 0 Å². The summed E-state index contributed by atoms with van der Waals surface area (Å²) in [5.74, 6) is 0. The molecule has 0 N–H and O–H groups in total. The van der Waals surface area contributed by atoms with E-state index in [4.69, 9.17) is 0 Å². The zero-order chi connectivity index (χ0) is 30.1. The largest absolute Gasteiger partial charge is 0.310 e. The van der Waals surface area contributed by atoms with Gasteiger partial charge in [-0.05, 0) is 98.8 Å². The van der Waals surface area contributed by atoms with Crippen molar-refractivity contribution in [3.8, 4) is 22.3 Å². The molecule has 1 aliphatic carbocycles. The number of anilines is 3. The molecule has 0 fully saturated rings. The van der Waals surface area contributed by atoms with Crippen LogP contribution >= 0.6 is 11.3 Å². The summed E-state index contributed by atoms with van der Waals surface area (Å²) in [5.41, 5.74) is 11.3. The first-order chi connectivity index (χ1) is 22.0. The fraction of sp³-hybridized carbons (Fsp3) is 0.0698. The van der Waals surface area contributed by atoms with Crippen LogP contribution in [0.4, 0.5) is 17.1 Å². The van der Waals surface area contributed by atoms with Crippen molar-refractivity contribution in [3.63, 3.8) is 0 Å². The Balaban J connectivity index is 1.20. The van der Waals surface area contributed by atoms with E-state index in [1.54, 1.807) is 0 Å². The van der Waals surface area contributed by atoms with Crippen molar-refractivity contribution in [2.24, 2.45) is 0 Å². The standard InChI is InChI=1S/C43H31NS/c1-43(2)39-13-7-5-11-35(39)36-23-21-34(27-40(36)43)44(33-22-24-42-38(26-33)37-12-6-8-14-41(37)45-42)32-19-17-29(18-20-32)31-16-15-28-9-3-4-10-30(28)25-31/h3-27H,1-2H3. The molecule has 1 heterocycles. The van der Waals surface area contributed by atoms with Crippen LogP contribution in [0.25, 0.3) is 53.2 Å². The molecule has 9 rings (SSSR count). The highest BCUT2D eigenvalue weighted by Gasteiger charge is 2.35. The van der Waals surface area contributed by atoms with E-state index in [2.05, 4.69) is 170 Å². The smallest absolute Gasteiger partial charge is 0.0468 e. The third-order valence-corrected chi connectivity index (χ3v) is 10.8. The molecule has 1 nitrogen and oxygen atoms in total. The van der Waals surface area contributed by atoms with Crippen LogP contribution in [0.1, 0.15) is 25.0 Å². The predicted octanol–water partition coefficient (Wildman–Crippen LogP) is 12.7. The Morgan fingerprint density at radius 2 is 1.09 bits per heavy atom. The van der Waals surface area contributed by atoms with E-state index in [9.17, 15) is 0 Å². The topological polar surface area (TPSA) is 3.24 Å². The predicted molar refractivity (Wildman–Crippen MR) is 195 cm³/mol. The summed E-state index contributed by atoms with van der Waals surface area (Å²) in [6, 6.07) is 56.0. The summed E-state index contributed by atoms with van der Waals surface area (Å²) in [4.78, 5) is 2.43. The first-order valence-corrected chi connectivity index (χ1v) is 16.4. The van der Waals surface area contributed by atoms with E-state index in [0.717, 1.165) is 11.4 Å². The van der Waals surface area contributed by atoms with Gasteiger partial charge in [0.25, 0.3) is 0 Å². The number of thiophene rings is 1. The Labute approximate surface area is 267 Å². The van der Waals surface area contributed by atoms with E-state index in [1.165, 1.54) is 70.0 Å². The molecule has 8 aromatic rings. The second-order valence-electron chi connectivity index (χ2n) is 12.6. The lowest BCUT2D eigenvalue weighted by Crippen LogP contribution is -2.16. The van der Waals surface area contributed by atoms with Crippen LogP contribution in [0.5, 0.6) is 0 Å². The third-order valence-electron chi connectivity index (χ3n) is 9.65. The van der Waals surface area contributed by atoms with Gasteiger partial charge < -0.3 is 4.90 Å². The van der Waals surface area contributed by atoms with Gasteiger partial charge in [0.05, 0.1) is 0 Å². The Kier molecular flexibility index (Phi) is 5.78. The van der Waals surface area contributed by atoms with Gasteiger partial charge in [-0.25, -0.2) is 0 Å². The molecule has 0 saturated carbocycles. The van der Waals surface area contributed by atoms with Crippen molar-refractivity contribution in [3.05, 3.63) is 163 Å². The van der Waals surface area contributed by atoms with Crippen LogP contribution in [0.3, 0.4) is 0 Å². The Bertz CT molecular complexity index is 2410. The molecule has 2 heteroatoms. The average Bonchev–Trinajstić information content (AvgIpc) is 3.57. The van der Waals surface area contributed by atoms with Crippen molar-refractivity contribution < 1.29 is 0 Å². The maximum Gasteiger partial charge on any atom is 0.0468 e. The molecule has 45 heavy (non-hydrogen) atoms. The van der Waals surface area contributed by atoms with Crippen LogP contribution in [-0.2, 0) is 5.41 Å². The van der Waals surface area contributed by atoms with Gasteiger partial charge in [-0.2, -0.15) is 0 Å². The number of benzene rings is 7. The van der Waals surface area contributed by atoms with Crippen LogP contribution < -0.4 is 4.90 Å². The Hall–Kier alpha value is -5.18. The van der Waals surface area contributed by atoms with Crippen molar-refractivity contribution in [2.75, 3.05) is 4.90 Å². The van der Waals surface area contributed by atoms with Crippen LogP contribution in [0, 0.1) is 0 Å². The van der Waals surface area contributed by atoms with Crippen molar-refractivity contribution in [1.82, 2.24) is 0 Å². The number of hydrogen-bond donors (Lipinski definition) is 0. The minimum absolute atomic E-state index is 0.0684. The molecular weight excluding hydrogens is 563 g/mol. The monoisotopic (exact) mass is 593 g/mol. The number of hydrogen-bond acceptors (Lipinski definition) is 2. The van der Waals surface area contributed by atoms with E-state index < -0.39 is 0 Å². The van der Waals surface area contributed by atoms with Gasteiger partial charge in [-0.1, -0.05) is 111 Å². The first kappa shape index (κ1) is 26.2. The molecule has 0 spiro atoms. The fourth-order valence-electron chi connectivity index (χ4n) is 7.30.